The lowest BCUT2D eigenvalue weighted by atomic mass is 10.2. The molecule has 8 nitrogen and oxygen atoms in total. The average molecular weight is 477 g/mol. The van der Waals surface area contributed by atoms with Crippen LogP contribution in [-0.4, -0.2) is 29.6 Å². The second-order valence-corrected chi connectivity index (χ2v) is 8.47. The molecule has 0 radical (unpaired) electrons. The lowest BCUT2D eigenvalue weighted by Gasteiger charge is -2.14. The van der Waals surface area contributed by atoms with Crippen molar-refractivity contribution in [1.29, 1.82) is 0 Å². The second-order valence-electron chi connectivity index (χ2n) is 7.45. The highest BCUT2D eigenvalue weighted by atomic mass is 32.2. The molecule has 4 rings (SSSR count). The molecule has 0 unspecified atom stereocenters. The number of rotatable bonds is 7. The van der Waals surface area contributed by atoms with Gasteiger partial charge < -0.3 is 20.1 Å². The maximum atomic E-state index is 12.7. The van der Waals surface area contributed by atoms with Gasteiger partial charge in [-0.2, -0.15) is 0 Å². The van der Waals surface area contributed by atoms with Crippen molar-refractivity contribution in [2.45, 2.75) is 17.6 Å². The van der Waals surface area contributed by atoms with Crippen molar-refractivity contribution in [2.24, 2.45) is 0 Å². The van der Waals surface area contributed by atoms with E-state index >= 15 is 0 Å². The van der Waals surface area contributed by atoms with Gasteiger partial charge in [-0.3, -0.25) is 9.20 Å². The van der Waals surface area contributed by atoms with Crippen molar-refractivity contribution in [2.75, 3.05) is 24.9 Å². The van der Waals surface area contributed by atoms with Crippen LogP contribution >= 0.6 is 11.8 Å². The van der Waals surface area contributed by atoms with Crippen LogP contribution in [0.15, 0.2) is 76.6 Å². The summed E-state index contributed by atoms with van der Waals surface area (Å²) in [4.78, 5) is 30.6. The number of amides is 2. The smallest absolute Gasteiger partial charge is 0.323 e. The fourth-order valence-electron chi connectivity index (χ4n) is 3.35. The highest BCUT2D eigenvalue weighted by Crippen LogP contribution is 2.31. The monoisotopic (exact) mass is 476 g/mol. The standard InChI is InChI=1S/C25H24N4O4S/c1-16-10-11-29-23(12-16)26-17(13-24(29)30)15-34-22-7-5-4-6-20(22)28-25(31)27-19-9-8-18(32-2)14-21(19)33-3/h4-14H,15H2,1-3H3,(H2,27,28,31). The Morgan fingerprint density at radius 2 is 1.79 bits per heavy atom. The van der Waals surface area contributed by atoms with Gasteiger partial charge in [-0.1, -0.05) is 12.1 Å². The number of aromatic nitrogens is 2. The Morgan fingerprint density at radius 3 is 2.59 bits per heavy atom. The largest absolute Gasteiger partial charge is 0.497 e. The second kappa shape index (κ2) is 10.3. The van der Waals surface area contributed by atoms with E-state index in [0.717, 1.165) is 10.5 Å². The zero-order chi connectivity index (χ0) is 24.1. The number of methoxy groups -OCH3 is 2. The Labute approximate surface area is 200 Å². The first-order valence-electron chi connectivity index (χ1n) is 10.5. The molecular weight excluding hydrogens is 452 g/mol. The van der Waals surface area contributed by atoms with E-state index in [9.17, 15) is 9.59 Å². The number of thioether (sulfide) groups is 1. The molecule has 0 aliphatic carbocycles. The number of hydrogen-bond acceptors (Lipinski definition) is 6. The van der Waals surface area contributed by atoms with Gasteiger partial charge in [0.2, 0.25) is 0 Å². The molecule has 2 N–H and O–H groups in total. The highest BCUT2D eigenvalue weighted by molar-refractivity contribution is 7.98. The number of nitrogens with zero attached hydrogens (tertiary/aromatic N) is 2. The van der Waals surface area contributed by atoms with Gasteiger partial charge in [-0.25, -0.2) is 9.78 Å². The van der Waals surface area contributed by atoms with Crippen LogP contribution in [0, 0.1) is 6.92 Å². The van der Waals surface area contributed by atoms with Gasteiger partial charge in [0, 0.05) is 29.0 Å². The first kappa shape index (κ1) is 23.2. The molecule has 2 aromatic carbocycles. The summed E-state index contributed by atoms with van der Waals surface area (Å²) in [6.07, 6.45) is 1.73. The van der Waals surface area contributed by atoms with Gasteiger partial charge in [0.1, 0.15) is 17.1 Å². The molecule has 0 atom stereocenters. The molecule has 0 saturated carbocycles. The number of aryl methyl sites for hydroxylation is 1. The Balaban J connectivity index is 1.48. The molecule has 174 valence electrons. The maximum absolute atomic E-state index is 12.7. The summed E-state index contributed by atoms with van der Waals surface area (Å²) in [5, 5.41) is 5.68. The van der Waals surface area contributed by atoms with Crippen LogP contribution in [0.3, 0.4) is 0 Å². The number of nitrogens with one attached hydrogen (secondary N) is 2. The first-order valence-corrected chi connectivity index (χ1v) is 11.5. The third-order valence-corrected chi connectivity index (χ3v) is 6.15. The van der Waals surface area contributed by atoms with Crippen LogP contribution in [0.4, 0.5) is 16.2 Å². The van der Waals surface area contributed by atoms with Crippen molar-refractivity contribution in [3.63, 3.8) is 0 Å². The minimum Gasteiger partial charge on any atom is -0.497 e. The predicted molar refractivity (Wildman–Crippen MR) is 134 cm³/mol. The number of para-hydroxylation sites is 1. The van der Waals surface area contributed by atoms with E-state index in [4.69, 9.17) is 9.47 Å². The number of hydrogen-bond donors (Lipinski definition) is 2. The molecule has 2 aromatic heterocycles. The third kappa shape index (κ3) is 5.32. The minimum absolute atomic E-state index is 0.125. The average Bonchev–Trinajstić information content (AvgIpc) is 2.83. The van der Waals surface area contributed by atoms with E-state index < -0.39 is 6.03 Å². The fraction of sp³-hybridized carbons (Fsp3) is 0.160. The van der Waals surface area contributed by atoms with Crippen LogP contribution in [0.25, 0.3) is 5.65 Å². The number of anilines is 2. The van der Waals surface area contributed by atoms with Crippen LogP contribution in [-0.2, 0) is 5.75 Å². The lowest BCUT2D eigenvalue weighted by Crippen LogP contribution is -2.20. The highest BCUT2D eigenvalue weighted by Gasteiger charge is 2.12. The van der Waals surface area contributed by atoms with E-state index in [1.807, 2.05) is 43.3 Å². The van der Waals surface area contributed by atoms with Crippen LogP contribution in [0.5, 0.6) is 11.5 Å². The van der Waals surface area contributed by atoms with Crippen molar-refractivity contribution in [3.05, 3.63) is 88.5 Å². The van der Waals surface area contributed by atoms with Crippen LogP contribution < -0.4 is 25.7 Å². The quantitative estimate of drug-likeness (QED) is 0.366. The van der Waals surface area contributed by atoms with Gasteiger partial charge >= 0.3 is 6.03 Å². The van der Waals surface area contributed by atoms with Crippen molar-refractivity contribution >= 4 is 34.8 Å². The Bertz CT molecular complexity index is 1400. The zero-order valence-electron chi connectivity index (χ0n) is 19.0. The minimum atomic E-state index is -0.408. The van der Waals surface area contributed by atoms with Crippen molar-refractivity contribution in [1.82, 2.24) is 9.38 Å². The summed E-state index contributed by atoms with van der Waals surface area (Å²) in [5.41, 5.74) is 3.35. The molecule has 4 aromatic rings. The predicted octanol–water partition coefficient (Wildman–Crippen LogP) is 4.96. The van der Waals surface area contributed by atoms with Crippen molar-refractivity contribution < 1.29 is 14.3 Å². The molecule has 0 bridgehead atoms. The SMILES string of the molecule is COc1ccc(NC(=O)Nc2ccccc2SCc2cc(=O)n3ccc(C)cc3n2)c(OC)c1. The summed E-state index contributed by atoms with van der Waals surface area (Å²) >= 11 is 1.49. The summed E-state index contributed by atoms with van der Waals surface area (Å²) in [6.45, 7) is 1.96. The number of fused-ring (bicyclic) bond motifs is 1. The van der Waals surface area contributed by atoms with E-state index in [-0.39, 0.29) is 5.56 Å². The zero-order valence-corrected chi connectivity index (χ0v) is 19.8. The van der Waals surface area contributed by atoms with Gasteiger partial charge in [-0.05, 0) is 48.9 Å². The third-order valence-electron chi connectivity index (χ3n) is 5.04. The number of pyridine rings is 1. The molecule has 2 heterocycles. The molecule has 0 aliphatic rings. The molecule has 0 aliphatic heterocycles. The number of benzene rings is 2. The van der Waals surface area contributed by atoms with Gasteiger partial charge in [0.25, 0.3) is 5.56 Å². The molecule has 0 spiro atoms. The van der Waals surface area contributed by atoms with Crippen molar-refractivity contribution in [3.8, 4) is 11.5 Å². The molecule has 34 heavy (non-hydrogen) atoms. The Kier molecular flexibility index (Phi) is 7.03. The molecule has 0 fully saturated rings. The number of carbonyl (C=O) groups excluding carboxylic acids is 1. The number of carbonyl (C=O) groups is 1. The van der Waals surface area contributed by atoms with Gasteiger partial charge in [0.15, 0.2) is 0 Å². The fourth-order valence-corrected chi connectivity index (χ4v) is 4.25. The summed E-state index contributed by atoms with van der Waals surface area (Å²) < 4.78 is 12.1. The normalized spacial score (nSPS) is 10.7. The Morgan fingerprint density at radius 1 is 1.00 bits per heavy atom. The van der Waals surface area contributed by atoms with E-state index in [1.54, 1.807) is 31.5 Å². The van der Waals surface area contributed by atoms with E-state index in [0.29, 0.717) is 40.0 Å². The molecule has 9 heteroatoms. The Hall–Kier alpha value is -3.98. The first-order chi connectivity index (χ1) is 16.5. The van der Waals surface area contributed by atoms with Gasteiger partial charge in [-0.15, -0.1) is 11.8 Å². The van der Waals surface area contributed by atoms with Gasteiger partial charge in [0.05, 0.1) is 31.3 Å². The number of ether oxygens (including phenoxy) is 2. The summed E-state index contributed by atoms with van der Waals surface area (Å²) in [7, 11) is 3.09. The lowest BCUT2D eigenvalue weighted by molar-refractivity contribution is 0.262. The molecule has 0 saturated heterocycles. The maximum Gasteiger partial charge on any atom is 0.323 e. The topological polar surface area (TPSA) is 94.0 Å². The summed E-state index contributed by atoms with van der Waals surface area (Å²) in [6, 6.07) is 17.5. The summed E-state index contributed by atoms with van der Waals surface area (Å²) in [5.74, 6) is 1.59. The van der Waals surface area contributed by atoms with Crippen LogP contribution in [0.2, 0.25) is 0 Å². The van der Waals surface area contributed by atoms with E-state index in [2.05, 4.69) is 15.6 Å². The molecule has 2 amide bonds. The number of urea groups is 1. The van der Waals surface area contributed by atoms with Crippen LogP contribution in [0.1, 0.15) is 11.3 Å². The molecular formula is C25H24N4O4S. The van der Waals surface area contributed by atoms with E-state index in [1.165, 1.54) is 29.3 Å².